The third-order valence-electron chi connectivity index (χ3n) is 14.0. The average molecular weight is 967 g/mol. The summed E-state index contributed by atoms with van der Waals surface area (Å²) >= 11 is 0. The van der Waals surface area contributed by atoms with Gasteiger partial charge in [0.2, 0.25) is 5.91 Å². The van der Waals surface area contributed by atoms with Gasteiger partial charge in [-0.3, -0.25) is 4.79 Å². The van der Waals surface area contributed by atoms with Gasteiger partial charge in [0.1, 0.15) is 0 Å². The van der Waals surface area contributed by atoms with Crippen molar-refractivity contribution in [1.82, 2.24) is 5.32 Å². The summed E-state index contributed by atoms with van der Waals surface area (Å²) in [7, 11) is 0. The van der Waals surface area contributed by atoms with Crippen LogP contribution in [0.3, 0.4) is 0 Å². The van der Waals surface area contributed by atoms with Crippen LogP contribution in [0, 0.1) is 0 Å². The fourth-order valence-corrected chi connectivity index (χ4v) is 9.35. The van der Waals surface area contributed by atoms with Crippen molar-refractivity contribution in [2.24, 2.45) is 0 Å². The molecule has 3 atom stereocenters. The number of amides is 1. The molecule has 0 aromatic rings. The van der Waals surface area contributed by atoms with Crippen LogP contribution in [0.5, 0.6) is 0 Å². The van der Waals surface area contributed by atoms with Gasteiger partial charge in [-0.15, -0.1) is 0 Å². The van der Waals surface area contributed by atoms with Crippen molar-refractivity contribution in [2.45, 2.75) is 334 Å². The number of nitrogens with one attached hydrogen (secondary N) is 1. The summed E-state index contributed by atoms with van der Waals surface area (Å²) in [5.74, 6) is -0.327. The Morgan fingerprint density at radius 3 is 1.01 bits per heavy atom. The predicted molar refractivity (Wildman–Crippen MR) is 305 cm³/mol. The van der Waals surface area contributed by atoms with Gasteiger partial charge in [0.05, 0.1) is 31.3 Å². The molecule has 69 heavy (non-hydrogen) atoms. The summed E-state index contributed by atoms with van der Waals surface area (Å²) < 4.78 is 0. The number of aliphatic hydroxyl groups is 3. The molecular weight excluding hydrogens is 847 g/mol. The SMILES string of the molecule is CCCCCCCCCCCCC/C=C\C/C=C\CCCCCCCCCCCCCCCCCC(O)CC(=O)NC(CO)C(O)/C=C/CC/C=C/CC/C=C/CCCCCCCCCCCCC. The Bertz CT molecular complexity index is 1160. The third kappa shape index (κ3) is 55.2. The smallest absolute Gasteiger partial charge is 0.222 e. The molecule has 5 nitrogen and oxygen atoms in total. The number of carbonyl (C=O) groups excluding carboxylic acids is 1. The molecule has 0 spiro atoms. The van der Waals surface area contributed by atoms with Crippen molar-refractivity contribution in [3.05, 3.63) is 60.8 Å². The minimum absolute atomic E-state index is 0.00166. The predicted octanol–water partition coefficient (Wildman–Crippen LogP) is 19.3. The first-order chi connectivity index (χ1) is 34.0. The Balaban J connectivity index is 3.58. The fourth-order valence-electron chi connectivity index (χ4n) is 9.35. The molecule has 0 aliphatic rings. The highest BCUT2D eigenvalue weighted by Crippen LogP contribution is 2.17. The van der Waals surface area contributed by atoms with Crippen molar-refractivity contribution < 1.29 is 20.1 Å². The average Bonchev–Trinajstić information content (AvgIpc) is 3.35. The van der Waals surface area contributed by atoms with Gasteiger partial charge in [-0.2, -0.15) is 0 Å². The fraction of sp³-hybridized carbons (Fsp3) is 0.828. The van der Waals surface area contributed by atoms with E-state index in [4.69, 9.17) is 0 Å². The van der Waals surface area contributed by atoms with E-state index >= 15 is 0 Å². The molecule has 0 aromatic heterocycles. The van der Waals surface area contributed by atoms with Gasteiger partial charge in [0, 0.05) is 0 Å². The summed E-state index contributed by atoms with van der Waals surface area (Å²) in [5, 5.41) is 33.5. The molecule has 4 N–H and O–H groups in total. The Hall–Kier alpha value is -1.95. The van der Waals surface area contributed by atoms with Crippen LogP contribution >= 0.6 is 0 Å². The molecular formula is C64H119NO4. The number of aliphatic hydroxyl groups excluding tert-OH is 3. The molecule has 0 rings (SSSR count). The van der Waals surface area contributed by atoms with E-state index in [1.165, 1.54) is 244 Å². The maximum Gasteiger partial charge on any atom is 0.222 e. The zero-order valence-electron chi connectivity index (χ0n) is 46.2. The van der Waals surface area contributed by atoms with Crippen molar-refractivity contribution in [1.29, 1.82) is 0 Å². The van der Waals surface area contributed by atoms with E-state index in [0.29, 0.717) is 6.42 Å². The first-order valence-electron chi connectivity index (χ1n) is 30.6. The highest BCUT2D eigenvalue weighted by molar-refractivity contribution is 5.76. The van der Waals surface area contributed by atoms with Crippen LogP contribution in [0.25, 0.3) is 0 Å². The molecule has 0 aromatic carbocycles. The van der Waals surface area contributed by atoms with Gasteiger partial charge in [-0.05, 0) is 77.0 Å². The van der Waals surface area contributed by atoms with Crippen LogP contribution < -0.4 is 5.32 Å². The van der Waals surface area contributed by atoms with Crippen LogP contribution in [0.4, 0.5) is 0 Å². The Labute approximate surface area is 430 Å². The standard InChI is InChI=1S/C64H119NO4/c1-3-5-7-9-11-13-15-17-19-21-23-25-26-27-28-29-30-31-32-33-34-35-36-38-39-41-43-45-47-49-51-53-55-57-61(67)59-64(69)65-62(60-66)63(68)58-56-54-52-50-48-46-44-42-40-37-24-22-20-18-16-14-12-10-8-6-4-2/h26-27,29-30,40,42,48,50,56,58,61-63,66-68H,3-25,28,31-39,41,43-47,49,51-55,57,59-60H2,1-2H3,(H,65,69)/b27-26-,30-29-,42-40+,50-48+,58-56+. The van der Waals surface area contributed by atoms with Crippen molar-refractivity contribution in [2.75, 3.05) is 6.61 Å². The normalized spacial score (nSPS) is 13.6. The van der Waals surface area contributed by atoms with Crippen LogP contribution in [-0.4, -0.2) is 46.1 Å². The number of hydrogen-bond donors (Lipinski definition) is 4. The molecule has 1 amide bonds. The van der Waals surface area contributed by atoms with Gasteiger partial charge < -0.3 is 20.6 Å². The maximum atomic E-state index is 12.5. The monoisotopic (exact) mass is 966 g/mol. The lowest BCUT2D eigenvalue weighted by Gasteiger charge is -2.21. The molecule has 0 heterocycles. The number of unbranched alkanes of at least 4 members (excludes halogenated alkanes) is 39. The highest BCUT2D eigenvalue weighted by atomic mass is 16.3. The summed E-state index contributed by atoms with van der Waals surface area (Å²) in [6, 6.07) is -0.770. The molecule has 0 fully saturated rings. The van der Waals surface area contributed by atoms with Gasteiger partial charge in [-0.1, -0.05) is 293 Å². The Morgan fingerprint density at radius 2 is 0.667 bits per heavy atom. The van der Waals surface area contributed by atoms with E-state index in [2.05, 4.69) is 67.8 Å². The minimum Gasteiger partial charge on any atom is -0.394 e. The maximum absolute atomic E-state index is 12.5. The van der Waals surface area contributed by atoms with Crippen LogP contribution in [0.1, 0.15) is 316 Å². The summed E-state index contributed by atoms with van der Waals surface area (Å²) in [6.45, 7) is 4.22. The molecule has 404 valence electrons. The Kier molecular flexibility index (Phi) is 57.0. The van der Waals surface area contributed by atoms with Crippen LogP contribution in [0.2, 0.25) is 0 Å². The lowest BCUT2D eigenvalue weighted by Crippen LogP contribution is -2.45. The summed E-state index contributed by atoms with van der Waals surface area (Å²) in [4.78, 5) is 12.5. The summed E-state index contributed by atoms with van der Waals surface area (Å²) in [6.07, 6.45) is 80.0. The van der Waals surface area contributed by atoms with Gasteiger partial charge in [0.15, 0.2) is 0 Å². The van der Waals surface area contributed by atoms with Crippen molar-refractivity contribution in [3.8, 4) is 0 Å². The first kappa shape index (κ1) is 67.0. The molecule has 0 saturated carbocycles. The number of carbonyl (C=O) groups is 1. The van der Waals surface area contributed by atoms with E-state index in [-0.39, 0.29) is 18.9 Å². The van der Waals surface area contributed by atoms with Crippen molar-refractivity contribution >= 4 is 5.91 Å². The molecule has 0 aliphatic carbocycles. The van der Waals surface area contributed by atoms with E-state index < -0.39 is 18.2 Å². The lowest BCUT2D eigenvalue weighted by molar-refractivity contribution is -0.124. The molecule has 5 heteroatoms. The quantitative estimate of drug-likeness (QED) is 0.0361. The van der Waals surface area contributed by atoms with Crippen LogP contribution in [0.15, 0.2) is 60.8 Å². The minimum atomic E-state index is -0.963. The zero-order chi connectivity index (χ0) is 50.0. The van der Waals surface area contributed by atoms with E-state index in [1.807, 2.05) is 6.08 Å². The molecule has 0 saturated heterocycles. The number of hydrogen-bond acceptors (Lipinski definition) is 4. The lowest BCUT2D eigenvalue weighted by atomic mass is 10.0. The second kappa shape index (κ2) is 58.6. The summed E-state index contributed by atoms with van der Waals surface area (Å²) in [5.41, 5.74) is 0. The molecule has 0 aliphatic heterocycles. The second-order valence-electron chi connectivity index (χ2n) is 20.9. The molecule has 0 radical (unpaired) electrons. The molecule has 3 unspecified atom stereocenters. The van der Waals surface area contributed by atoms with Gasteiger partial charge in [0.25, 0.3) is 0 Å². The number of rotatable bonds is 56. The second-order valence-corrected chi connectivity index (χ2v) is 20.9. The number of allylic oxidation sites excluding steroid dienone is 9. The van der Waals surface area contributed by atoms with E-state index in [9.17, 15) is 20.1 Å². The zero-order valence-corrected chi connectivity index (χ0v) is 46.2. The molecule has 0 bridgehead atoms. The van der Waals surface area contributed by atoms with Gasteiger partial charge in [-0.25, -0.2) is 0 Å². The van der Waals surface area contributed by atoms with E-state index in [1.54, 1.807) is 6.08 Å². The van der Waals surface area contributed by atoms with Gasteiger partial charge >= 0.3 is 0 Å². The van der Waals surface area contributed by atoms with Crippen molar-refractivity contribution in [3.63, 3.8) is 0 Å². The van der Waals surface area contributed by atoms with Crippen LogP contribution in [-0.2, 0) is 4.79 Å². The Morgan fingerprint density at radius 1 is 0.377 bits per heavy atom. The third-order valence-corrected chi connectivity index (χ3v) is 14.0. The first-order valence-corrected chi connectivity index (χ1v) is 30.6. The largest absolute Gasteiger partial charge is 0.394 e. The topological polar surface area (TPSA) is 89.8 Å². The highest BCUT2D eigenvalue weighted by Gasteiger charge is 2.20. The van der Waals surface area contributed by atoms with E-state index in [0.717, 1.165) is 44.9 Å².